The second kappa shape index (κ2) is 9.72. The minimum Gasteiger partial charge on any atom is -0.483 e. The van der Waals surface area contributed by atoms with Crippen LogP contribution in [0.25, 0.3) is 0 Å². The van der Waals surface area contributed by atoms with E-state index in [0.717, 1.165) is 61.8 Å². The summed E-state index contributed by atoms with van der Waals surface area (Å²) in [4.78, 5) is 0. The molecule has 182 valence electrons. The number of hydrogen-bond acceptors (Lipinski definition) is 4. The minimum absolute atomic E-state index is 0.327. The summed E-state index contributed by atoms with van der Waals surface area (Å²) in [5.74, 6) is 0.827. The van der Waals surface area contributed by atoms with Crippen LogP contribution >= 0.6 is 0 Å². The highest BCUT2D eigenvalue weighted by Crippen LogP contribution is 2.53. The second-order valence-electron chi connectivity index (χ2n) is 9.18. The van der Waals surface area contributed by atoms with Gasteiger partial charge in [0.15, 0.2) is 5.75 Å². The molecule has 0 spiro atoms. The molecule has 7 heteroatoms. The van der Waals surface area contributed by atoms with Crippen LogP contribution in [0.3, 0.4) is 0 Å². The van der Waals surface area contributed by atoms with E-state index in [1.165, 1.54) is 5.57 Å². The van der Waals surface area contributed by atoms with E-state index in [0.29, 0.717) is 30.5 Å². The number of alkyl halides is 3. The molecule has 0 radical (unpaired) electrons. The molecule has 0 unspecified atom stereocenters. The second-order valence-corrected chi connectivity index (χ2v) is 9.18. The van der Waals surface area contributed by atoms with Crippen molar-refractivity contribution >= 4 is 0 Å². The van der Waals surface area contributed by atoms with Gasteiger partial charge in [0.1, 0.15) is 13.2 Å². The average molecular weight is 481 g/mol. The Morgan fingerprint density at radius 3 is 2.40 bits per heavy atom. The van der Waals surface area contributed by atoms with Crippen LogP contribution in [0.4, 0.5) is 13.2 Å². The van der Waals surface area contributed by atoms with Crippen molar-refractivity contribution in [1.29, 1.82) is 0 Å². The Hall–Kier alpha value is -3.35. The summed E-state index contributed by atoms with van der Waals surface area (Å²) in [6, 6.07) is 7.19. The quantitative estimate of drug-likeness (QED) is 0.413. The zero-order valence-electron chi connectivity index (χ0n) is 19.4. The summed E-state index contributed by atoms with van der Waals surface area (Å²) in [7, 11) is 0. The van der Waals surface area contributed by atoms with Gasteiger partial charge in [0.2, 0.25) is 0 Å². The van der Waals surface area contributed by atoms with Crippen LogP contribution in [0.1, 0.15) is 55.3 Å². The van der Waals surface area contributed by atoms with Gasteiger partial charge < -0.3 is 9.47 Å². The average Bonchev–Trinajstić information content (AvgIpc) is 3.69. The van der Waals surface area contributed by atoms with E-state index in [-0.39, 0.29) is 0 Å². The largest absolute Gasteiger partial charge is 0.483 e. The van der Waals surface area contributed by atoms with Crippen molar-refractivity contribution in [2.75, 3.05) is 13.2 Å². The molecule has 0 N–H and O–H groups in total. The van der Waals surface area contributed by atoms with Crippen LogP contribution in [-0.4, -0.2) is 23.4 Å². The third-order valence-corrected chi connectivity index (χ3v) is 6.69. The van der Waals surface area contributed by atoms with Gasteiger partial charge in [-0.3, -0.25) is 0 Å². The molecule has 0 saturated heterocycles. The van der Waals surface area contributed by atoms with Crippen LogP contribution < -0.4 is 9.47 Å². The number of aromatic nitrogens is 2. The third-order valence-electron chi connectivity index (χ3n) is 6.69. The summed E-state index contributed by atoms with van der Waals surface area (Å²) >= 11 is 0. The highest BCUT2D eigenvalue weighted by atomic mass is 19.4. The lowest BCUT2D eigenvalue weighted by Gasteiger charge is -2.19. The monoisotopic (exact) mass is 480 g/mol. The van der Waals surface area contributed by atoms with Crippen molar-refractivity contribution in [3.05, 3.63) is 94.8 Å². The number of benzene rings is 1. The molecule has 2 aromatic rings. The van der Waals surface area contributed by atoms with Gasteiger partial charge in [-0.15, -0.1) is 5.10 Å². The zero-order valence-corrected chi connectivity index (χ0v) is 19.4. The molecule has 1 saturated carbocycles. The number of nitrogens with zero attached hydrogens (tertiary/aromatic N) is 2. The maximum atomic E-state index is 13.0. The van der Waals surface area contributed by atoms with Crippen molar-refractivity contribution in [3.63, 3.8) is 0 Å². The molecule has 0 bridgehead atoms. The molecule has 3 aliphatic rings. The zero-order chi connectivity index (χ0) is 24.3. The summed E-state index contributed by atoms with van der Waals surface area (Å²) in [6.07, 6.45) is 13.7. The number of ether oxygens (including phenoxy) is 2. The molecule has 5 rings (SSSR count). The lowest BCUT2D eigenvalue weighted by atomic mass is 9.91. The maximum absolute atomic E-state index is 13.0. The summed E-state index contributed by atoms with van der Waals surface area (Å²) in [6.45, 7) is 0.790. The predicted octanol–water partition coefficient (Wildman–Crippen LogP) is 6.89. The van der Waals surface area contributed by atoms with Gasteiger partial charge >= 0.3 is 6.18 Å². The van der Waals surface area contributed by atoms with Crippen LogP contribution in [0.5, 0.6) is 11.6 Å². The van der Waals surface area contributed by atoms with E-state index in [1.54, 1.807) is 12.1 Å². The van der Waals surface area contributed by atoms with Crippen molar-refractivity contribution in [3.8, 4) is 11.6 Å². The Kier molecular flexibility index (Phi) is 6.50. The fourth-order valence-electron chi connectivity index (χ4n) is 4.47. The van der Waals surface area contributed by atoms with Gasteiger partial charge in [0.05, 0.1) is 11.3 Å². The van der Waals surface area contributed by atoms with Crippen LogP contribution in [-0.2, 0) is 11.6 Å². The van der Waals surface area contributed by atoms with Gasteiger partial charge in [-0.2, -0.15) is 18.3 Å². The normalized spacial score (nSPS) is 18.6. The first-order valence-electron chi connectivity index (χ1n) is 12.0. The Morgan fingerprint density at radius 1 is 0.914 bits per heavy atom. The standard InChI is InChI=1S/C28H27F3N2O2/c29-28(30,31)23-13-11-22(12-14-23)27(15-16-27)25-17-24(34-18-20-7-3-1-4-8-20)26(33-32-25)35-19-21-9-5-2-6-10-21/h2-3,5,7-9,11-14,17H,1,4,6,10,15-16,18-19H2. The molecule has 1 fully saturated rings. The van der Waals surface area contributed by atoms with Gasteiger partial charge in [-0.1, -0.05) is 48.6 Å². The van der Waals surface area contributed by atoms with Gasteiger partial charge in [0.25, 0.3) is 5.88 Å². The predicted molar refractivity (Wildman–Crippen MR) is 127 cm³/mol. The fourth-order valence-corrected chi connectivity index (χ4v) is 4.47. The first-order chi connectivity index (χ1) is 16.9. The first kappa shape index (κ1) is 23.4. The van der Waals surface area contributed by atoms with Gasteiger partial charge in [0, 0.05) is 11.5 Å². The highest BCUT2D eigenvalue weighted by molar-refractivity contribution is 5.46. The molecular formula is C28H27F3N2O2. The maximum Gasteiger partial charge on any atom is 0.416 e. The molecule has 4 nitrogen and oxygen atoms in total. The lowest BCUT2D eigenvalue weighted by Crippen LogP contribution is -2.15. The van der Waals surface area contributed by atoms with Crippen LogP contribution in [0.2, 0.25) is 0 Å². The van der Waals surface area contributed by atoms with E-state index in [2.05, 4.69) is 34.5 Å². The van der Waals surface area contributed by atoms with Crippen molar-refractivity contribution < 1.29 is 22.6 Å². The Balaban J connectivity index is 1.40. The Morgan fingerprint density at radius 2 is 1.74 bits per heavy atom. The van der Waals surface area contributed by atoms with E-state index >= 15 is 0 Å². The van der Waals surface area contributed by atoms with Gasteiger partial charge in [-0.05, 0) is 67.4 Å². The molecule has 0 amide bonds. The first-order valence-corrected chi connectivity index (χ1v) is 12.0. The van der Waals surface area contributed by atoms with Gasteiger partial charge in [-0.25, -0.2) is 0 Å². The molecule has 1 heterocycles. The molecule has 0 aliphatic heterocycles. The molecule has 1 aromatic heterocycles. The van der Waals surface area contributed by atoms with E-state index < -0.39 is 17.2 Å². The van der Waals surface area contributed by atoms with Crippen molar-refractivity contribution in [1.82, 2.24) is 10.2 Å². The topological polar surface area (TPSA) is 44.2 Å². The Labute approximate surface area is 202 Å². The summed E-state index contributed by atoms with van der Waals surface area (Å²) in [5, 5.41) is 8.80. The summed E-state index contributed by atoms with van der Waals surface area (Å²) in [5.41, 5.74) is 2.64. The highest BCUT2D eigenvalue weighted by Gasteiger charge is 2.48. The molecule has 35 heavy (non-hydrogen) atoms. The fraction of sp³-hybridized carbons (Fsp3) is 0.357. The number of rotatable bonds is 8. The Bertz CT molecular complexity index is 1190. The van der Waals surface area contributed by atoms with Crippen LogP contribution in [0, 0.1) is 0 Å². The number of allylic oxidation sites excluding steroid dienone is 5. The number of hydrogen-bond donors (Lipinski definition) is 0. The lowest BCUT2D eigenvalue weighted by molar-refractivity contribution is -0.137. The molecule has 0 atom stereocenters. The van der Waals surface area contributed by atoms with Crippen LogP contribution in [0.15, 0.2) is 77.9 Å². The third kappa shape index (κ3) is 5.34. The molecular weight excluding hydrogens is 453 g/mol. The van der Waals surface area contributed by atoms with E-state index in [4.69, 9.17) is 9.47 Å². The van der Waals surface area contributed by atoms with Crippen molar-refractivity contribution in [2.24, 2.45) is 0 Å². The van der Waals surface area contributed by atoms with E-state index in [9.17, 15) is 13.2 Å². The molecule has 1 aromatic carbocycles. The molecule has 3 aliphatic carbocycles. The number of halogens is 3. The smallest absolute Gasteiger partial charge is 0.416 e. The SMILES string of the molecule is FC(F)(F)c1ccc(C2(c3cc(OCC4=CCCC=C4)c(OCC4=CC=CCC4)nn3)CC2)cc1. The van der Waals surface area contributed by atoms with Crippen molar-refractivity contribution in [2.45, 2.75) is 50.1 Å². The van der Waals surface area contributed by atoms with E-state index in [1.807, 2.05) is 18.2 Å². The summed E-state index contributed by atoms with van der Waals surface area (Å²) < 4.78 is 51.2. The minimum atomic E-state index is -4.36.